The van der Waals surface area contributed by atoms with Gasteiger partial charge in [0.05, 0.1) is 18.1 Å². The molecule has 1 heterocycles. The van der Waals surface area contributed by atoms with Crippen LogP contribution in [0.1, 0.15) is 12.6 Å². The third-order valence-electron chi connectivity index (χ3n) is 2.62. The number of carbonyl (C=O) groups excluding carboxylic acids is 1. The van der Waals surface area contributed by atoms with Crippen molar-refractivity contribution in [3.63, 3.8) is 0 Å². The van der Waals surface area contributed by atoms with Gasteiger partial charge in [0.1, 0.15) is 10.8 Å². The van der Waals surface area contributed by atoms with Crippen molar-refractivity contribution in [1.82, 2.24) is 15.2 Å². The lowest BCUT2D eigenvalue weighted by atomic mass is 10.3. The van der Waals surface area contributed by atoms with Gasteiger partial charge in [0.25, 0.3) is 0 Å². The maximum Gasteiger partial charge on any atom is 0.362 e. The molecule has 2 aromatic rings. The molecule has 0 bridgehead atoms. The van der Waals surface area contributed by atoms with Crippen LogP contribution in [0.25, 0.3) is 0 Å². The molecule has 0 spiro atoms. The number of ether oxygens (including phenoxy) is 1. The number of H-pyrrole nitrogens is 1. The van der Waals surface area contributed by atoms with Crippen LogP contribution in [-0.2, 0) is 4.79 Å². The Morgan fingerprint density at radius 2 is 2.09 bits per heavy atom. The number of hydrogen-bond acceptors (Lipinski definition) is 6. The number of aromatic nitrogens is 3. The fourth-order valence-electron chi connectivity index (χ4n) is 1.65. The minimum absolute atomic E-state index is 0.145. The normalized spacial score (nSPS) is 10.3. The molecule has 7 nitrogen and oxygen atoms in total. The first-order valence-corrected chi connectivity index (χ1v) is 7.66. The van der Waals surface area contributed by atoms with Crippen molar-refractivity contribution >= 4 is 23.4 Å². The van der Waals surface area contributed by atoms with Gasteiger partial charge in [-0.25, -0.2) is 9.89 Å². The van der Waals surface area contributed by atoms with Crippen molar-refractivity contribution in [1.29, 1.82) is 0 Å². The number of nitrogens with zero attached hydrogens (tertiary/aromatic N) is 2. The summed E-state index contributed by atoms with van der Waals surface area (Å²) in [6, 6.07) is 7.12. The fraction of sp³-hybridized carbons (Fsp3) is 0.286. The largest absolute Gasteiger partial charge is 0.494 e. The topological polar surface area (TPSA) is 97.0 Å². The highest BCUT2D eigenvalue weighted by atomic mass is 32.2. The summed E-state index contributed by atoms with van der Waals surface area (Å²) >= 11 is 1.17. The van der Waals surface area contributed by atoms with E-state index in [4.69, 9.17) is 4.74 Å². The molecule has 0 saturated carbocycles. The Balaban J connectivity index is 1.90. The Labute approximate surface area is 131 Å². The zero-order chi connectivity index (χ0) is 15.9. The van der Waals surface area contributed by atoms with Gasteiger partial charge in [0.15, 0.2) is 0 Å². The highest BCUT2D eigenvalue weighted by Crippen LogP contribution is 2.18. The number of rotatable bonds is 6. The maximum absolute atomic E-state index is 11.9. The molecule has 2 rings (SSSR count). The number of hydrogen-bond donors (Lipinski definition) is 2. The molecule has 0 saturated heterocycles. The molecule has 116 valence electrons. The van der Waals surface area contributed by atoms with Gasteiger partial charge >= 0.3 is 5.69 Å². The summed E-state index contributed by atoms with van der Waals surface area (Å²) < 4.78 is 5.33. The summed E-state index contributed by atoms with van der Waals surface area (Å²) in [5.41, 5.74) is 0.737. The van der Waals surface area contributed by atoms with E-state index >= 15 is 0 Å². The zero-order valence-corrected chi connectivity index (χ0v) is 13.1. The van der Waals surface area contributed by atoms with E-state index in [2.05, 4.69) is 20.5 Å². The van der Waals surface area contributed by atoms with Crippen LogP contribution < -0.4 is 15.7 Å². The van der Waals surface area contributed by atoms with Crippen molar-refractivity contribution in [2.24, 2.45) is 0 Å². The summed E-state index contributed by atoms with van der Waals surface area (Å²) in [4.78, 5) is 26.8. The quantitative estimate of drug-likeness (QED) is 0.785. The van der Waals surface area contributed by atoms with Crippen molar-refractivity contribution in [2.75, 3.05) is 17.7 Å². The van der Waals surface area contributed by atoms with Crippen LogP contribution in [0, 0.1) is 6.92 Å². The Morgan fingerprint density at radius 1 is 1.36 bits per heavy atom. The highest BCUT2D eigenvalue weighted by Gasteiger charge is 2.08. The number of carbonyl (C=O) groups is 1. The molecule has 1 amide bonds. The fourth-order valence-corrected chi connectivity index (χ4v) is 2.39. The second-order valence-corrected chi connectivity index (χ2v) is 5.29. The second-order valence-electron chi connectivity index (χ2n) is 4.33. The zero-order valence-electron chi connectivity index (χ0n) is 12.3. The van der Waals surface area contributed by atoms with Gasteiger partial charge in [-0.3, -0.25) is 4.79 Å². The van der Waals surface area contributed by atoms with Gasteiger partial charge in [0, 0.05) is 5.69 Å². The minimum Gasteiger partial charge on any atom is -0.494 e. The van der Waals surface area contributed by atoms with Gasteiger partial charge in [0.2, 0.25) is 5.91 Å². The SMILES string of the molecule is CCOc1ccc(NC(=O)CSc2nc(=O)[nH]nc2C)cc1. The second kappa shape index (κ2) is 7.60. The molecule has 0 aliphatic rings. The van der Waals surface area contributed by atoms with E-state index in [1.54, 1.807) is 31.2 Å². The number of aromatic amines is 1. The number of benzene rings is 1. The van der Waals surface area contributed by atoms with E-state index in [-0.39, 0.29) is 11.7 Å². The third kappa shape index (κ3) is 4.59. The predicted molar refractivity (Wildman–Crippen MR) is 84.4 cm³/mol. The molecular weight excluding hydrogens is 304 g/mol. The van der Waals surface area contributed by atoms with Crippen molar-refractivity contribution in [3.8, 4) is 5.75 Å². The van der Waals surface area contributed by atoms with Crippen molar-refractivity contribution < 1.29 is 9.53 Å². The molecule has 0 aliphatic heterocycles. The smallest absolute Gasteiger partial charge is 0.362 e. The Hall–Kier alpha value is -2.35. The number of nitrogens with one attached hydrogen (secondary N) is 2. The standard InChI is InChI=1S/C14H16N4O3S/c1-3-21-11-6-4-10(5-7-11)15-12(19)8-22-13-9(2)17-18-14(20)16-13/h4-7H,3,8H2,1-2H3,(H,15,19)(H,16,18,20). The number of aryl methyl sites for hydroxylation is 1. The average molecular weight is 320 g/mol. The molecule has 8 heteroatoms. The van der Waals surface area contributed by atoms with E-state index in [0.29, 0.717) is 23.0 Å². The van der Waals surface area contributed by atoms with E-state index in [9.17, 15) is 9.59 Å². The predicted octanol–water partition coefficient (Wildman–Crippen LogP) is 1.60. The highest BCUT2D eigenvalue weighted by molar-refractivity contribution is 8.00. The Kier molecular flexibility index (Phi) is 5.54. The molecular formula is C14H16N4O3S. The summed E-state index contributed by atoms with van der Waals surface area (Å²) in [6.45, 7) is 4.22. The van der Waals surface area contributed by atoms with Gasteiger partial charge < -0.3 is 10.1 Å². The van der Waals surface area contributed by atoms with Crippen molar-refractivity contribution in [2.45, 2.75) is 18.9 Å². The first kappa shape index (κ1) is 16.0. The summed E-state index contributed by atoms with van der Waals surface area (Å²) in [7, 11) is 0. The van der Waals surface area contributed by atoms with E-state index < -0.39 is 5.69 Å². The third-order valence-corrected chi connectivity index (χ3v) is 3.69. The van der Waals surface area contributed by atoms with E-state index in [1.165, 1.54) is 11.8 Å². The molecule has 22 heavy (non-hydrogen) atoms. The number of anilines is 1. The molecule has 0 atom stereocenters. The van der Waals surface area contributed by atoms with E-state index in [1.807, 2.05) is 6.92 Å². The first-order valence-electron chi connectivity index (χ1n) is 6.67. The Bertz CT molecular complexity index is 700. The molecule has 1 aromatic heterocycles. The van der Waals surface area contributed by atoms with Crippen molar-refractivity contribution in [3.05, 3.63) is 40.4 Å². The first-order chi connectivity index (χ1) is 10.6. The van der Waals surface area contributed by atoms with Gasteiger partial charge in [-0.2, -0.15) is 10.1 Å². The monoisotopic (exact) mass is 320 g/mol. The molecule has 0 fully saturated rings. The van der Waals surface area contributed by atoms with Gasteiger partial charge in [-0.05, 0) is 38.1 Å². The van der Waals surface area contributed by atoms with Crippen LogP contribution in [-0.4, -0.2) is 33.4 Å². The van der Waals surface area contributed by atoms with Gasteiger partial charge in [-0.1, -0.05) is 11.8 Å². The molecule has 0 unspecified atom stereocenters. The molecule has 1 aromatic carbocycles. The van der Waals surface area contributed by atoms with Gasteiger partial charge in [-0.15, -0.1) is 0 Å². The van der Waals surface area contributed by atoms with Crippen LogP contribution in [0.3, 0.4) is 0 Å². The van der Waals surface area contributed by atoms with E-state index in [0.717, 1.165) is 5.75 Å². The number of thioether (sulfide) groups is 1. The molecule has 2 N–H and O–H groups in total. The van der Waals surface area contributed by atoms with Crippen LogP contribution in [0.15, 0.2) is 34.1 Å². The van der Waals surface area contributed by atoms with Crippen LogP contribution in [0.4, 0.5) is 5.69 Å². The van der Waals surface area contributed by atoms with Crippen LogP contribution >= 0.6 is 11.8 Å². The Morgan fingerprint density at radius 3 is 2.77 bits per heavy atom. The molecule has 0 radical (unpaired) electrons. The lowest BCUT2D eigenvalue weighted by Gasteiger charge is -2.07. The lowest BCUT2D eigenvalue weighted by molar-refractivity contribution is -0.113. The average Bonchev–Trinajstić information content (AvgIpc) is 2.50. The summed E-state index contributed by atoms with van der Waals surface area (Å²) in [5, 5.41) is 9.26. The summed E-state index contributed by atoms with van der Waals surface area (Å²) in [5.74, 6) is 0.714. The molecule has 0 aliphatic carbocycles. The lowest BCUT2D eigenvalue weighted by Crippen LogP contribution is -2.17. The van der Waals surface area contributed by atoms with Crippen LogP contribution in [0.2, 0.25) is 0 Å². The maximum atomic E-state index is 11.9. The minimum atomic E-state index is -0.528. The summed E-state index contributed by atoms with van der Waals surface area (Å²) in [6.07, 6.45) is 0. The van der Waals surface area contributed by atoms with Crippen LogP contribution in [0.5, 0.6) is 5.75 Å². The number of amides is 1.